The van der Waals surface area contributed by atoms with Crippen LogP contribution in [0.3, 0.4) is 0 Å². The van der Waals surface area contributed by atoms with Crippen LogP contribution in [0.15, 0.2) is 48.5 Å². The van der Waals surface area contributed by atoms with E-state index in [4.69, 9.17) is 15.7 Å². The predicted molar refractivity (Wildman–Crippen MR) is 85.4 cm³/mol. The fraction of sp³-hybridized carbons (Fsp3) is 0.176. The quantitative estimate of drug-likeness (QED) is 0.802. The lowest BCUT2D eigenvalue weighted by Gasteiger charge is -2.08. The summed E-state index contributed by atoms with van der Waals surface area (Å²) in [5, 5.41) is 11.4. The summed E-state index contributed by atoms with van der Waals surface area (Å²) in [5.74, 6) is 0.546. The van der Waals surface area contributed by atoms with Gasteiger partial charge in [-0.1, -0.05) is 18.2 Å². The van der Waals surface area contributed by atoms with Gasteiger partial charge in [-0.3, -0.25) is 4.79 Å². The molecule has 0 atom stereocenters. The Labute approximate surface area is 129 Å². The molecule has 0 aromatic heterocycles. The second-order valence-electron chi connectivity index (χ2n) is 4.75. The molecular formula is C17H17N3O2. The van der Waals surface area contributed by atoms with Crippen LogP contribution in [-0.2, 0) is 11.2 Å². The number of nitriles is 1. The number of anilines is 2. The fourth-order valence-corrected chi connectivity index (χ4v) is 1.90. The molecule has 0 radical (unpaired) electrons. The van der Waals surface area contributed by atoms with Gasteiger partial charge in [0.2, 0.25) is 5.91 Å². The van der Waals surface area contributed by atoms with Crippen molar-refractivity contribution in [3.8, 4) is 11.8 Å². The van der Waals surface area contributed by atoms with Gasteiger partial charge in [0, 0.05) is 11.4 Å². The van der Waals surface area contributed by atoms with Crippen LogP contribution in [0.1, 0.15) is 12.0 Å². The third-order valence-corrected chi connectivity index (χ3v) is 2.97. The first-order valence-electron chi connectivity index (χ1n) is 6.91. The maximum absolute atomic E-state index is 11.8. The summed E-state index contributed by atoms with van der Waals surface area (Å²) in [6.07, 6.45) is 0.623. The number of hydrogen-bond acceptors (Lipinski definition) is 4. The number of nitrogen functional groups attached to an aromatic ring is 1. The molecule has 2 rings (SSSR count). The number of nitrogens with zero attached hydrogens (tertiary/aromatic N) is 1. The minimum Gasteiger partial charge on any atom is -0.493 e. The lowest BCUT2D eigenvalue weighted by molar-refractivity contribution is -0.116. The van der Waals surface area contributed by atoms with Gasteiger partial charge in [0.05, 0.1) is 25.5 Å². The van der Waals surface area contributed by atoms with E-state index in [1.807, 2.05) is 12.1 Å². The molecule has 0 saturated carbocycles. The first-order chi connectivity index (χ1) is 10.7. The van der Waals surface area contributed by atoms with Crippen LogP contribution in [0, 0.1) is 11.3 Å². The Morgan fingerprint density at radius 1 is 1.23 bits per heavy atom. The van der Waals surface area contributed by atoms with Crippen LogP contribution < -0.4 is 15.8 Å². The number of carbonyl (C=O) groups is 1. The molecule has 0 aliphatic carbocycles. The zero-order valence-electron chi connectivity index (χ0n) is 12.1. The summed E-state index contributed by atoms with van der Waals surface area (Å²) in [6, 6.07) is 16.4. The van der Waals surface area contributed by atoms with Gasteiger partial charge >= 0.3 is 0 Å². The topological polar surface area (TPSA) is 88.1 Å². The molecule has 5 heteroatoms. The summed E-state index contributed by atoms with van der Waals surface area (Å²) in [4.78, 5) is 11.8. The molecule has 0 aliphatic heterocycles. The van der Waals surface area contributed by atoms with E-state index in [1.165, 1.54) is 0 Å². The van der Waals surface area contributed by atoms with E-state index in [0.29, 0.717) is 23.5 Å². The van der Waals surface area contributed by atoms with Crippen molar-refractivity contribution in [1.82, 2.24) is 0 Å². The molecule has 0 saturated heterocycles. The van der Waals surface area contributed by atoms with Crippen molar-refractivity contribution >= 4 is 17.3 Å². The van der Waals surface area contributed by atoms with Gasteiger partial charge in [0.15, 0.2) is 0 Å². The van der Waals surface area contributed by atoms with Gasteiger partial charge in [0.1, 0.15) is 5.75 Å². The van der Waals surface area contributed by atoms with Crippen LogP contribution in [0.5, 0.6) is 5.75 Å². The van der Waals surface area contributed by atoms with Crippen molar-refractivity contribution in [3.63, 3.8) is 0 Å². The van der Waals surface area contributed by atoms with Gasteiger partial charge in [0.25, 0.3) is 0 Å². The molecule has 5 nitrogen and oxygen atoms in total. The van der Waals surface area contributed by atoms with E-state index in [1.54, 1.807) is 36.4 Å². The van der Waals surface area contributed by atoms with Crippen molar-refractivity contribution in [2.24, 2.45) is 0 Å². The number of carbonyl (C=O) groups excluding carboxylic acids is 1. The molecular weight excluding hydrogens is 278 g/mol. The number of nitrogens with two attached hydrogens (primary N) is 1. The van der Waals surface area contributed by atoms with Crippen molar-refractivity contribution in [2.75, 3.05) is 17.7 Å². The molecule has 2 aromatic rings. The highest BCUT2D eigenvalue weighted by atomic mass is 16.5. The molecule has 112 valence electrons. The largest absolute Gasteiger partial charge is 0.493 e. The highest BCUT2D eigenvalue weighted by molar-refractivity contribution is 5.91. The molecule has 0 heterocycles. The van der Waals surface area contributed by atoms with Crippen molar-refractivity contribution in [3.05, 3.63) is 54.1 Å². The van der Waals surface area contributed by atoms with E-state index in [-0.39, 0.29) is 18.9 Å². The average molecular weight is 295 g/mol. The molecule has 22 heavy (non-hydrogen) atoms. The van der Waals surface area contributed by atoms with E-state index in [2.05, 4.69) is 11.4 Å². The Balaban J connectivity index is 1.76. The molecule has 1 amide bonds. The maximum atomic E-state index is 11.8. The number of rotatable bonds is 6. The monoisotopic (exact) mass is 295 g/mol. The second kappa shape index (κ2) is 7.70. The molecule has 2 aromatic carbocycles. The van der Waals surface area contributed by atoms with Crippen LogP contribution >= 0.6 is 0 Å². The highest BCUT2D eigenvalue weighted by Gasteiger charge is 2.03. The van der Waals surface area contributed by atoms with E-state index >= 15 is 0 Å². The minimum atomic E-state index is -0.133. The minimum absolute atomic E-state index is 0.133. The van der Waals surface area contributed by atoms with Crippen molar-refractivity contribution in [2.45, 2.75) is 12.8 Å². The Bertz CT molecular complexity index is 675. The second-order valence-corrected chi connectivity index (χ2v) is 4.75. The zero-order valence-corrected chi connectivity index (χ0v) is 12.1. The Morgan fingerprint density at radius 2 is 2.00 bits per heavy atom. The van der Waals surface area contributed by atoms with Crippen LogP contribution in [0.2, 0.25) is 0 Å². The Kier molecular flexibility index (Phi) is 5.38. The van der Waals surface area contributed by atoms with Crippen LogP contribution in [0.4, 0.5) is 11.4 Å². The molecule has 0 unspecified atom stereocenters. The van der Waals surface area contributed by atoms with E-state index in [9.17, 15) is 4.79 Å². The molecule has 3 N–H and O–H groups in total. The number of benzene rings is 2. The highest BCUT2D eigenvalue weighted by Crippen LogP contribution is 2.14. The Morgan fingerprint density at radius 3 is 2.68 bits per heavy atom. The van der Waals surface area contributed by atoms with Gasteiger partial charge < -0.3 is 15.8 Å². The SMILES string of the molecule is N#CCc1ccc(OCCC(=O)Nc2cccc(N)c2)cc1. The lowest BCUT2D eigenvalue weighted by Crippen LogP contribution is -2.15. The Hall–Kier alpha value is -3.00. The van der Waals surface area contributed by atoms with E-state index in [0.717, 1.165) is 5.56 Å². The third kappa shape index (κ3) is 4.84. The maximum Gasteiger partial charge on any atom is 0.227 e. The summed E-state index contributed by atoms with van der Waals surface area (Å²) in [5.41, 5.74) is 7.86. The van der Waals surface area contributed by atoms with Crippen molar-refractivity contribution < 1.29 is 9.53 Å². The van der Waals surface area contributed by atoms with Crippen molar-refractivity contribution in [1.29, 1.82) is 5.26 Å². The third-order valence-electron chi connectivity index (χ3n) is 2.97. The van der Waals surface area contributed by atoms with Gasteiger partial charge in [-0.15, -0.1) is 0 Å². The normalized spacial score (nSPS) is 9.77. The standard InChI is InChI=1S/C17H17N3O2/c18-10-8-13-4-6-16(7-5-13)22-11-9-17(21)20-15-3-1-2-14(19)12-15/h1-7,12H,8-9,11,19H2,(H,20,21). The van der Waals surface area contributed by atoms with Crippen LogP contribution in [-0.4, -0.2) is 12.5 Å². The smallest absolute Gasteiger partial charge is 0.227 e. The number of nitrogens with one attached hydrogen (secondary N) is 1. The predicted octanol–water partition coefficient (Wildman–Crippen LogP) is 2.74. The van der Waals surface area contributed by atoms with Gasteiger partial charge in [-0.2, -0.15) is 5.26 Å². The number of ether oxygens (including phenoxy) is 1. The fourth-order valence-electron chi connectivity index (χ4n) is 1.90. The summed E-state index contributed by atoms with van der Waals surface area (Å²) < 4.78 is 5.50. The molecule has 0 fully saturated rings. The zero-order chi connectivity index (χ0) is 15.8. The number of amides is 1. The lowest BCUT2D eigenvalue weighted by atomic mass is 10.2. The van der Waals surface area contributed by atoms with Gasteiger partial charge in [-0.25, -0.2) is 0 Å². The summed E-state index contributed by atoms with van der Waals surface area (Å²) >= 11 is 0. The van der Waals surface area contributed by atoms with Crippen LogP contribution in [0.25, 0.3) is 0 Å². The summed E-state index contributed by atoms with van der Waals surface area (Å²) in [6.45, 7) is 0.283. The first kappa shape index (κ1) is 15.4. The molecule has 0 spiro atoms. The molecule has 0 aliphatic rings. The van der Waals surface area contributed by atoms with E-state index < -0.39 is 0 Å². The first-order valence-corrected chi connectivity index (χ1v) is 6.91. The average Bonchev–Trinajstić information content (AvgIpc) is 2.49. The number of hydrogen-bond donors (Lipinski definition) is 2. The molecule has 0 bridgehead atoms. The summed E-state index contributed by atoms with van der Waals surface area (Å²) in [7, 11) is 0. The van der Waals surface area contributed by atoms with Gasteiger partial charge in [-0.05, 0) is 35.9 Å².